The highest BCUT2D eigenvalue weighted by molar-refractivity contribution is 5.94. The Balaban J connectivity index is 2.39. The van der Waals surface area contributed by atoms with Crippen molar-refractivity contribution in [2.24, 2.45) is 0 Å². The Labute approximate surface area is 163 Å². The molecule has 1 aromatic carbocycles. The Morgan fingerprint density at radius 1 is 1.25 bits per heavy atom. The van der Waals surface area contributed by atoms with Gasteiger partial charge in [0.15, 0.2) is 23.0 Å². The number of methoxy groups -OCH3 is 3. The van der Waals surface area contributed by atoms with Gasteiger partial charge in [-0.1, -0.05) is 6.08 Å². The van der Waals surface area contributed by atoms with E-state index in [9.17, 15) is 9.59 Å². The Morgan fingerprint density at radius 3 is 2.61 bits per heavy atom. The van der Waals surface area contributed by atoms with Gasteiger partial charge in [-0.25, -0.2) is 9.78 Å². The molecule has 150 valence electrons. The fraction of sp³-hybridized carbons (Fsp3) is 0.350. The molecular formula is C20H24N2O6. The molecule has 1 N–H and O–H groups in total. The number of aryl methyl sites for hydroxylation is 1. The van der Waals surface area contributed by atoms with Crippen LogP contribution in [0.4, 0.5) is 0 Å². The maximum atomic E-state index is 12.2. The average Bonchev–Trinajstić information content (AvgIpc) is 3.13. The van der Waals surface area contributed by atoms with E-state index in [-0.39, 0.29) is 29.8 Å². The largest absolute Gasteiger partial charge is 0.493 e. The van der Waals surface area contributed by atoms with Gasteiger partial charge in [0.2, 0.25) is 11.8 Å². The van der Waals surface area contributed by atoms with Gasteiger partial charge in [0.05, 0.1) is 27.9 Å². The van der Waals surface area contributed by atoms with Crippen molar-refractivity contribution in [1.29, 1.82) is 0 Å². The van der Waals surface area contributed by atoms with Crippen LogP contribution in [-0.4, -0.2) is 38.2 Å². The maximum Gasteiger partial charge on any atom is 0.360 e. The third kappa shape index (κ3) is 4.70. The van der Waals surface area contributed by atoms with Gasteiger partial charge in [0, 0.05) is 12.0 Å². The van der Waals surface area contributed by atoms with Crippen LogP contribution in [0.5, 0.6) is 11.5 Å². The normalized spacial score (nSPS) is 10.3. The van der Waals surface area contributed by atoms with Crippen LogP contribution in [0.2, 0.25) is 0 Å². The third-order valence-corrected chi connectivity index (χ3v) is 3.99. The predicted octanol–water partition coefficient (Wildman–Crippen LogP) is 3.04. The molecule has 28 heavy (non-hydrogen) atoms. The minimum absolute atomic E-state index is 0.0180. The highest BCUT2D eigenvalue weighted by atomic mass is 16.5. The van der Waals surface area contributed by atoms with Gasteiger partial charge in [-0.2, -0.15) is 0 Å². The van der Waals surface area contributed by atoms with Gasteiger partial charge in [-0.15, -0.1) is 6.58 Å². The number of aromatic nitrogens is 1. The standard InChI is InChI=1S/C20H24N2O6/c1-6-7-8-15(23)21-11-16-22-17(20(24)27-5)19(28-16)13-9-12(2)18(26-4)14(10-13)25-3/h6,9-10H,1,7-8,11H2,2-5H3,(H,21,23). The molecule has 0 aliphatic carbocycles. The van der Waals surface area contributed by atoms with E-state index in [1.165, 1.54) is 14.2 Å². The zero-order valence-electron chi connectivity index (χ0n) is 16.5. The lowest BCUT2D eigenvalue weighted by Crippen LogP contribution is -2.22. The number of allylic oxidation sites excluding steroid dienone is 1. The Hall–Kier alpha value is -3.29. The zero-order valence-corrected chi connectivity index (χ0v) is 16.5. The number of nitrogens with one attached hydrogen (secondary N) is 1. The molecule has 0 aliphatic rings. The fourth-order valence-corrected chi connectivity index (χ4v) is 2.65. The molecule has 0 spiro atoms. The minimum Gasteiger partial charge on any atom is -0.493 e. The van der Waals surface area contributed by atoms with Crippen LogP contribution >= 0.6 is 0 Å². The highest BCUT2D eigenvalue weighted by Crippen LogP contribution is 2.37. The molecule has 2 rings (SSSR count). The number of carbonyl (C=O) groups is 2. The second-order valence-corrected chi connectivity index (χ2v) is 5.91. The van der Waals surface area contributed by atoms with Crippen LogP contribution < -0.4 is 14.8 Å². The second-order valence-electron chi connectivity index (χ2n) is 5.91. The highest BCUT2D eigenvalue weighted by Gasteiger charge is 2.24. The van der Waals surface area contributed by atoms with Crippen molar-refractivity contribution in [3.05, 3.63) is 41.9 Å². The third-order valence-electron chi connectivity index (χ3n) is 3.99. The summed E-state index contributed by atoms with van der Waals surface area (Å²) >= 11 is 0. The number of oxazole rings is 1. The fourth-order valence-electron chi connectivity index (χ4n) is 2.65. The molecule has 0 saturated heterocycles. The average molecular weight is 388 g/mol. The summed E-state index contributed by atoms with van der Waals surface area (Å²) in [7, 11) is 4.33. The first-order valence-electron chi connectivity index (χ1n) is 8.63. The number of nitrogens with zero attached hydrogens (tertiary/aromatic N) is 1. The molecule has 0 bridgehead atoms. The van der Waals surface area contributed by atoms with Crippen molar-refractivity contribution >= 4 is 11.9 Å². The second kappa shape index (κ2) is 9.59. The van der Waals surface area contributed by atoms with Crippen molar-refractivity contribution in [2.75, 3.05) is 21.3 Å². The first-order valence-corrected chi connectivity index (χ1v) is 8.63. The molecule has 0 unspecified atom stereocenters. The van der Waals surface area contributed by atoms with Crippen molar-refractivity contribution in [3.63, 3.8) is 0 Å². The lowest BCUT2D eigenvalue weighted by Gasteiger charge is -2.12. The molecule has 8 heteroatoms. The summed E-state index contributed by atoms with van der Waals surface area (Å²) in [5.41, 5.74) is 1.39. The van der Waals surface area contributed by atoms with Crippen LogP contribution in [0, 0.1) is 6.92 Å². The molecule has 8 nitrogen and oxygen atoms in total. The quantitative estimate of drug-likeness (QED) is 0.520. The molecule has 0 radical (unpaired) electrons. The van der Waals surface area contributed by atoms with E-state index in [0.29, 0.717) is 29.9 Å². The number of hydrogen-bond acceptors (Lipinski definition) is 7. The number of rotatable bonds is 9. The van der Waals surface area contributed by atoms with Gasteiger partial charge >= 0.3 is 5.97 Å². The van der Waals surface area contributed by atoms with Gasteiger partial charge in [0.25, 0.3) is 0 Å². The van der Waals surface area contributed by atoms with Crippen molar-refractivity contribution < 1.29 is 28.2 Å². The summed E-state index contributed by atoms with van der Waals surface area (Å²) in [5.74, 6) is 0.682. The van der Waals surface area contributed by atoms with Crippen molar-refractivity contribution in [3.8, 4) is 22.8 Å². The molecule has 1 amide bonds. The van der Waals surface area contributed by atoms with E-state index < -0.39 is 5.97 Å². The van der Waals surface area contributed by atoms with Gasteiger partial charge < -0.3 is 23.9 Å². The minimum atomic E-state index is -0.643. The van der Waals surface area contributed by atoms with Crippen LogP contribution in [0.1, 0.15) is 34.8 Å². The van der Waals surface area contributed by atoms with E-state index >= 15 is 0 Å². The van der Waals surface area contributed by atoms with Crippen LogP contribution in [-0.2, 0) is 16.1 Å². The SMILES string of the molecule is C=CCCC(=O)NCc1nc(C(=O)OC)c(-c2cc(C)c(OC)c(OC)c2)o1. The summed E-state index contributed by atoms with van der Waals surface area (Å²) in [6.07, 6.45) is 2.55. The summed E-state index contributed by atoms with van der Waals surface area (Å²) in [4.78, 5) is 28.1. The van der Waals surface area contributed by atoms with Gasteiger partial charge in [-0.05, 0) is 31.0 Å². The summed E-state index contributed by atoms with van der Waals surface area (Å²) in [5, 5.41) is 2.70. The number of hydrogen-bond donors (Lipinski definition) is 1. The van der Waals surface area contributed by atoms with Crippen molar-refractivity contribution in [2.45, 2.75) is 26.3 Å². The van der Waals surface area contributed by atoms with E-state index in [4.69, 9.17) is 18.6 Å². The topological polar surface area (TPSA) is 99.9 Å². The lowest BCUT2D eigenvalue weighted by atomic mass is 10.1. The molecule has 0 atom stereocenters. The molecular weight excluding hydrogens is 364 g/mol. The monoisotopic (exact) mass is 388 g/mol. The molecule has 0 saturated carbocycles. The van der Waals surface area contributed by atoms with E-state index in [0.717, 1.165) is 5.56 Å². The number of benzene rings is 1. The maximum absolute atomic E-state index is 12.2. The zero-order chi connectivity index (χ0) is 20.7. The summed E-state index contributed by atoms with van der Waals surface area (Å²) < 4.78 is 21.3. The Morgan fingerprint density at radius 2 is 2.00 bits per heavy atom. The smallest absolute Gasteiger partial charge is 0.360 e. The van der Waals surface area contributed by atoms with Gasteiger partial charge in [-0.3, -0.25) is 4.79 Å². The van der Waals surface area contributed by atoms with Crippen LogP contribution in [0.25, 0.3) is 11.3 Å². The number of esters is 1. The molecule has 0 aliphatic heterocycles. The molecule has 2 aromatic rings. The van der Waals surface area contributed by atoms with E-state index in [1.54, 1.807) is 25.3 Å². The molecule has 1 aromatic heterocycles. The van der Waals surface area contributed by atoms with Gasteiger partial charge in [0.1, 0.15) is 0 Å². The number of ether oxygens (including phenoxy) is 3. The molecule has 0 fully saturated rings. The predicted molar refractivity (Wildman–Crippen MR) is 102 cm³/mol. The van der Waals surface area contributed by atoms with E-state index in [1.807, 2.05) is 6.92 Å². The summed E-state index contributed by atoms with van der Waals surface area (Å²) in [6, 6.07) is 3.48. The first kappa shape index (κ1) is 21.0. The van der Waals surface area contributed by atoms with Crippen molar-refractivity contribution in [1.82, 2.24) is 10.3 Å². The van der Waals surface area contributed by atoms with Crippen LogP contribution in [0.15, 0.2) is 29.2 Å². The summed E-state index contributed by atoms with van der Waals surface area (Å²) in [6.45, 7) is 5.48. The molecule has 1 heterocycles. The Kier molecular flexibility index (Phi) is 7.20. The lowest BCUT2D eigenvalue weighted by molar-refractivity contribution is -0.121. The number of amides is 1. The van der Waals surface area contributed by atoms with Crippen LogP contribution in [0.3, 0.4) is 0 Å². The Bertz CT molecular complexity index is 872. The first-order chi connectivity index (χ1) is 13.4. The number of carbonyl (C=O) groups excluding carboxylic acids is 2. The van der Waals surface area contributed by atoms with E-state index in [2.05, 4.69) is 16.9 Å².